The summed E-state index contributed by atoms with van der Waals surface area (Å²) >= 11 is 1.51. The molecule has 0 spiro atoms. The summed E-state index contributed by atoms with van der Waals surface area (Å²) in [4.78, 5) is 31.8. The summed E-state index contributed by atoms with van der Waals surface area (Å²) in [5.74, 6) is -0.177. The van der Waals surface area contributed by atoms with Gasteiger partial charge in [-0.05, 0) is 68.9 Å². The van der Waals surface area contributed by atoms with E-state index in [4.69, 9.17) is 4.98 Å². The maximum Gasteiger partial charge on any atom is 0.269 e. The normalized spacial score (nSPS) is 11.5. The van der Waals surface area contributed by atoms with Gasteiger partial charge >= 0.3 is 0 Å². The number of benzene rings is 2. The van der Waals surface area contributed by atoms with Crippen LogP contribution < -0.4 is 4.90 Å². The fourth-order valence-corrected chi connectivity index (χ4v) is 4.09. The molecule has 0 unspecified atom stereocenters. The molecule has 3 rings (SSSR count). The van der Waals surface area contributed by atoms with Crippen molar-refractivity contribution >= 4 is 44.4 Å². The number of thiazole rings is 1. The molecule has 0 aliphatic carbocycles. The lowest BCUT2D eigenvalue weighted by molar-refractivity contribution is -0.384. The topological polar surface area (TPSA) is 79.6 Å². The number of anilines is 1. The van der Waals surface area contributed by atoms with Crippen LogP contribution in [0.15, 0.2) is 42.5 Å². The van der Waals surface area contributed by atoms with E-state index in [2.05, 4.69) is 13.0 Å². The summed E-state index contributed by atoms with van der Waals surface area (Å²) in [6.45, 7) is 5.30. The maximum absolute atomic E-state index is 13.0. The van der Waals surface area contributed by atoms with Crippen LogP contribution in [0.2, 0.25) is 0 Å². The molecule has 1 amide bonds. The highest BCUT2D eigenvalue weighted by Crippen LogP contribution is 2.32. The highest BCUT2D eigenvalue weighted by Gasteiger charge is 2.19. The number of carbonyl (C=O) groups excluding carboxylic acids is 1. The number of nitrogens with zero attached hydrogens (tertiary/aromatic N) is 4. The highest BCUT2D eigenvalue weighted by atomic mass is 32.1. The Labute approximate surface area is 179 Å². The number of amides is 1. The molecule has 1 heterocycles. The van der Waals surface area contributed by atoms with Crippen molar-refractivity contribution in [2.45, 2.75) is 13.8 Å². The molecule has 0 aliphatic rings. The van der Waals surface area contributed by atoms with Crippen LogP contribution in [0, 0.1) is 24.0 Å². The summed E-state index contributed by atoms with van der Waals surface area (Å²) in [5, 5.41) is 11.5. The standard InChI is InChI=1S/C22H24N4O3S/c1-15-13-16(2)21-19(14-15)23-22(30-21)25(12-11-24(3)4)20(27)10-7-17-5-8-18(9-6-17)26(28)29/h5-10,13-14H,11-12H2,1-4H3/b10-7-. The molecule has 0 N–H and O–H groups in total. The van der Waals surface area contributed by atoms with Crippen LogP contribution in [-0.4, -0.2) is 47.9 Å². The molecule has 0 radical (unpaired) electrons. The van der Waals surface area contributed by atoms with E-state index in [-0.39, 0.29) is 11.6 Å². The lowest BCUT2D eigenvalue weighted by Crippen LogP contribution is -2.35. The third kappa shape index (κ3) is 5.08. The number of hydrogen-bond donors (Lipinski definition) is 0. The fraction of sp³-hybridized carbons (Fsp3) is 0.273. The van der Waals surface area contributed by atoms with Crippen LogP contribution in [0.4, 0.5) is 10.8 Å². The van der Waals surface area contributed by atoms with E-state index in [1.165, 1.54) is 29.5 Å². The van der Waals surface area contributed by atoms with Crippen LogP contribution in [0.25, 0.3) is 16.3 Å². The van der Waals surface area contributed by atoms with Gasteiger partial charge in [-0.1, -0.05) is 17.4 Å². The number of rotatable bonds is 7. The number of nitro groups is 1. The SMILES string of the molecule is Cc1cc(C)c2sc(N(CCN(C)C)C(=O)/C=C\c3ccc([N+](=O)[O-])cc3)nc2c1. The van der Waals surface area contributed by atoms with Crippen molar-refractivity contribution in [2.24, 2.45) is 0 Å². The molecule has 156 valence electrons. The first-order valence-electron chi connectivity index (χ1n) is 9.51. The van der Waals surface area contributed by atoms with Gasteiger partial charge in [0.2, 0.25) is 0 Å². The van der Waals surface area contributed by atoms with Gasteiger partial charge in [0, 0.05) is 31.3 Å². The predicted octanol–water partition coefficient (Wildman–Crippen LogP) is 4.43. The zero-order chi connectivity index (χ0) is 21.8. The summed E-state index contributed by atoms with van der Waals surface area (Å²) in [5.41, 5.74) is 3.93. The van der Waals surface area contributed by atoms with Gasteiger partial charge in [0.1, 0.15) is 0 Å². The van der Waals surface area contributed by atoms with Gasteiger partial charge in [0.25, 0.3) is 11.6 Å². The Hall–Kier alpha value is -3.10. The molecule has 0 atom stereocenters. The molecule has 1 aromatic heterocycles. The Balaban J connectivity index is 1.88. The van der Waals surface area contributed by atoms with Crippen LogP contribution in [0.1, 0.15) is 16.7 Å². The molecule has 0 saturated carbocycles. The first-order chi connectivity index (χ1) is 14.2. The molecule has 0 fully saturated rings. The molecule has 8 heteroatoms. The molecule has 0 aliphatic heterocycles. The van der Waals surface area contributed by atoms with E-state index in [0.29, 0.717) is 18.2 Å². The number of carbonyl (C=O) groups is 1. The van der Waals surface area contributed by atoms with Crippen LogP contribution in [0.3, 0.4) is 0 Å². The van der Waals surface area contributed by atoms with Gasteiger partial charge in [0.15, 0.2) is 5.13 Å². The van der Waals surface area contributed by atoms with E-state index in [0.717, 1.165) is 26.9 Å². The third-order valence-electron chi connectivity index (χ3n) is 4.60. The molecule has 0 bridgehead atoms. The van der Waals surface area contributed by atoms with E-state index in [9.17, 15) is 14.9 Å². The van der Waals surface area contributed by atoms with Crippen molar-refractivity contribution in [3.63, 3.8) is 0 Å². The summed E-state index contributed by atoms with van der Waals surface area (Å²) < 4.78 is 1.08. The van der Waals surface area contributed by atoms with Gasteiger partial charge in [-0.2, -0.15) is 0 Å². The molecular formula is C22H24N4O3S. The lowest BCUT2D eigenvalue weighted by atomic mass is 10.1. The zero-order valence-corrected chi connectivity index (χ0v) is 18.3. The van der Waals surface area contributed by atoms with E-state index < -0.39 is 4.92 Å². The average Bonchev–Trinajstić information content (AvgIpc) is 3.10. The Morgan fingerprint density at radius 2 is 1.87 bits per heavy atom. The minimum absolute atomic E-state index is 0.0197. The number of aromatic nitrogens is 1. The second-order valence-electron chi connectivity index (χ2n) is 7.40. The van der Waals surface area contributed by atoms with Crippen molar-refractivity contribution in [2.75, 3.05) is 32.1 Å². The number of non-ortho nitro benzene ring substituents is 1. The Morgan fingerprint density at radius 1 is 1.17 bits per heavy atom. The average molecular weight is 425 g/mol. The van der Waals surface area contributed by atoms with Crippen molar-refractivity contribution in [1.29, 1.82) is 0 Å². The van der Waals surface area contributed by atoms with Crippen LogP contribution >= 0.6 is 11.3 Å². The summed E-state index contributed by atoms with van der Waals surface area (Å²) in [6.07, 6.45) is 3.15. The minimum Gasteiger partial charge on any atom is -0.308 e. The van der Waals surface area contributed by atoms with Crippen molar-refractivity contribution < 1.29 is 9.72 Å². The molecular weight excluding hydrogens is 400 g/mol. The molecule has 30 heavy (non-hydrogen) atoms. The summed E-state index contributed by atoms with van der Waals surface area (Å²) in [7, 11) is 3.92. The van der Waals surface area contributed by atoms with Gasteiger partial charge in [-0.3, -0.25) is 19.8 Å². The predicted molar refractivity (Wildman–Crippen MR) is 122 cm³/mol. The van der Waals surface area contributed by atoms with Crippen molar-refractivity contribution in [3.8, 4) is 0 Å². The molecule has 3 aromatic rings. The molecule has 7 nitrogen and oxygen atoms in total. The van der Waals surface area contributed by atoms with Crippen molar-refractivity contribution in [3.05, 3.63) is 69.3 Å². The molecule has 2 aromatic carbocycles. The Bertz CT molecular complexity index is 1100. The quantitative estimate of drug-likeness (QED) is 0.318. The van der Waals surface area contributed by atoms with Gasteiger partial charge in [-0.15, -0.1) is 0 Å². The second kappa shape index (κ2) is 9.15. The smallest absolute Gasteiger partial charge is 0.269 e. The largest absolute Gasteiger partial charge is 0.308 e. The number of nitro benzene ring substituents is 1. The highest BCUT2D eigenvalue weighted by molar-refractivity contribution is 7.22. The van der Waals surface area contributed by atoms with E-state index in [1.807, 2.05) is 32.0 Å². The Kier molecular flexibility index (Phi) is 6.59. The zero-order valence-electron chi connectivity index (χ0n) is 17.5. The lowest BCUT2D eigenvalue weighted by Gasteiger charge is -2.20. The molecule has 0 saturated heterocycles. The van der Waals surface area contributed by atoms with E-state index >= 15 is 0 Å². The minimum atomic E-state index is -0.446. The third-order valence-corrected chi connectivity index (χ3v) is 5.83. The van der Waals surface area contributed by atoms with Crippen molar-refractivity contribution in [1.82, 2.24) is 9.88 Å². The van der Waals surface area contributed by atoms with Gasteiger partial charge < -0.3 is 4.90 Å². The van der Waals surface area contributed by atoms with Gasteiger partial charge in [-0.25, -0.2) is 4.98 Å². The monoisotopic (exact) mass is 424 g/mol. The van der Waals surface area contributed by atoms with E-state index in [1.54, 1.807) is 23.1 Å². The summed E-state index contributed by atoms with van der Waals surface area (Å²) in [6, 6.07) is 10.2. The first-order valence-corrected chi connectivity index (χ1v) is 10.3. The maximum atomic E-state index is 13.0. The number of fused-ring (bicyclic) bond motifs is 1. The van der Waals surface area contributed by atoms with Crippen LogP contribution in [0.5, 0.6) is 0 Å². The second-order valence-corrected chi connectivity index (χ2v) is 8.38. The van der Waals surface area contributed by atoms with Gasteiger partial charge in [0.05, 0.1) is 15.1 Å². The first kappa shape index (κ1) is 21.6. The van der Waals surface area contributed by atoms with Crippen LogP contribution in [-0.2, 0) is 4.79 Å². The fourth-order valence-electron chi connectivity index (χ4n) is 3.05. The number of hydrogen-bond acceptors (Lipinski definition) is 6. The Morgan fingerprint density at radius 3 is 2.50 bits per heavy atom. The number of aryl methyl sites for hydroxylation is 2. The number of likely N-dealkylation sites (N-methyl/N-ethyl adjacent to an activating group) is 1.